The third-order valence-corrected chi connectivity index (χ3v) is 4.54. The number of benzene rings is 1. The molecule has 0 spiro atoms. The number of hydrogen-bond acceptors (Lipinski definition) is 5. The second kappa shape index (κ2) is 10.2. The highest BCUT2D eigenvalue weighted by molar-refractivity contribution is 7.09. The number of nitrogens with one attached hydrogen (secondary N) is 2. The number of aliphatic imine (C=N–C) groups is 1. The van der Waals surface area contributed by atoms with Crippen molar-refractivity contribution in [3.63, 3.8) is 0 Å². The molecule has 154 valence electrons. The van der Waals surface area contributed by atoms with E-state index in [0.29, 0.717) is 42.0 Å². The lowest BCUT2D eigenvalue weighted by molar-refractivity contribution is -0.140. The van der Waals surface area contributed by atoms with Crippen molar-refractivity contribution in [3.05, 3.63) is 40.3 Å². The number of hydrogen-bond donors (Lipinski definition) is 2. The molecule has 28 heavy (non-hydrogen) atoms. The first kappa shape index (κ1) is 21.8. The molecule has 0 saturated carbocycles. The Balaban J connectivity index is 1.74. The van der Waals surface area contributed by atoms with Gasteiger partial charge < -0.3 is 20.1 Å². The molecule has 0 saturated heterocycles. The maximum atomic E-state index is 12.6. The first-order valence-corrected chi connectivity index (χ1v) is 9.46. The molecular formula is C18H23F3N4O2S. The minimum absolute atomic E-state index is 0.140. The first-order chi connectivity index (χ1) is 13.3. The molecule has 2 N–H and O–H groups in total. The second-order valence-electron chi connectivity index (χ2n) is 5.86. The third-order valence-electron chi connectivity index (χ3n) is 3.63. The molecule has 1 aromatic carbocycles. The Bertz CT molecular complexity index is 780. The lowest BCUT2D eigenvalue weighted by atomic mass is 10.3. The van der Waals surface area contributed by atoms with Crippen molar-refractivity contribution in [2.45, 2.75) is 25.6 Å². The molecule has 0 aliphatic rings. The van der Waals surface area contributed by atoms with Crippen LogP contribution in [0.15, 0.2) is 34.6 Å². The summed E-state index contributed by atoms with van der Waals surface area (Å²) in [4.78, 5) is 7.69. The number of ether oxygens (including phenoxy) is 2. The van der Waals surface area contributed by atoms with Crippen LogP contribution in [0.3, 0.4) is 0 Å². The van der Waals surface area contributed by atoms with Gasteiger partial charge in [0.15, 0.2) is 11.7 Å². The molecule has 1 atom stereocenters. The molecule has 2 aromatic rings. The van der Waals surface area contributed by atoms with Crippen molar-refractivity contribution in [2.24, 2.45) is 4.99 Å². The fraction of sp³-hybridized carbons (Fsp3) is 0.444. The van der Waals surface area contributed by atoms with Crippen molar-refractivity contribution >= 4 is 17.3 Å². The van der Waals surface area contributed by atoms with Crippen LogP contribution in [0.5, 0.6) is 11.5 Å². The molecule has 0 aliphatic heterocycles. The summed E-state index contributed by atoms with van der Waals surface area (Å²) in [7, 11) is 3.21. The molecule has 0 fully saturated rings. The van der Waals surface area contributed by atoms with Crippen LogP contribution in [0.1, 0.15) is 17.6 Å². The van der Waals surface area contributed by atoms with Crippen molar-refractivity contribution in [3.8, 4) is 11.5 Å². The van der Waals surface area contributed by atoms with E-state index in [1.807, 2.05) is 25.1 Å². The number of alkyl halides is 3. The highest BCUT2D eigenvalue weighted by Crippen LogP contribution is 2.30. The largest absolute Gasteiger partial charge is 0.497 e. The van der Waals surface area contributed by atoms with Gasteiger partial charge in [0.2, 0.25) is 0 Å². The van der Waals surface area contributed by atoms with E-state index in [2.05, 4.69) is 20.6 Å². The van der Waals surface area contributed by atoms with Gasteiger partial charge in [0, 0.05) is 31.5 Å². The summed E-state index contributed by atoms with van der Waals surface area (Å²) in [5.41, 5.74) is -0.849. The van der Waals surface area contributed by atoms with E-state index < -0.39 is 11.9 Å². The molecule has 1 heterocycles. The summed E-state index contributed by atoms with van der Waals surface area (Å²) in [6.45, 7) is 2.82. The smallest absolute Gasteiger partial charge is 0.434 e. The number of guanidine groups is 1. The highest BCUT2D eigenvalue weighted by atomic mass is 32.1. The number of aromatic nitrogens is 1. The summed E-state index contributed by atoms with van der Waals surface area (Å²) in [5, 5.41) is 7.62. The van der Waals surface area contributed by atoms with Crippen molar-refractivity contribution in [2.75, 3.05) is 27.2 Å². The highest BCUT2D eigenvalue weighted by Gasteiger charge is 2.33. The van der Waals surface area contributed by atoms with Crippen LogP contribution < -0.4 is 20.1 Å². The van der Waals surface area contributed by atoms with Gasteiger partial charge in [-0.05, 0) is 19.1 Å². The molecule has 0 aliphatic carbocycles. The van der Waals surface area contributed by atoms with Gasteiger partial charge in [0.05, 0.1) is 18.7 Å². The molecular weight excluding hydrogens is 393 g/mol. The van der Waals surface area contributed by atoms with E-state index >= 15 is 0 Å². The molecule has 0 bridgehead atoms. The van der Waals surface area contributed by atoms with E-state index in [1.54, 1.807) is 20.2 Å². The summed E-state index contributed by atoms with van der Waals surface area (Å²) >= 11 is 0.997. The quantitative estimate of drug-likeness (QED) is 0.510. The average molecular weight is 416 g/mol. The Morgan fingerprint density at radius 3 is 2.68 bits per heavy atom. The SMILES string of the molecule is CN=C(NCCc1nc(C(F)(F)F)cs1)NCC(C)Oc1cccc(OC)c1. The molecule has 6 nitrogen and oxygen atoms in total. The van der Waals surface area contributed by atoms with Gasteiger partial charge in [0.1, 0.15) is 17.6 Å². The van der Waals surface area contributed by atoms with E-state index in [9.17, 15) is 13.2 Å². The Labute approximate surface area is 165 Å². The Hall–Kier alpha value is -2.49. The van der Waals surface area contributed by atoms with Crippen molar-refractivity contribution in [1.82, 2.24) is 15.6 Å². The summed E-state index contributed by atoms with van der Waals surface area (Å²) in [5.74, 6) is 1.94. The van der Waals surface area contributed by atoms with Crippen molar-refractivity contribution < 1.29 is 22.6 Å². The van der Waals surface area contributed by atoms with Crippen LogP contribution >= 0.6 is 11.3 Å². The summed E-state index contributed by atoms with van der Waals surface area (Å²) in [6.07, 6.45) is -4.17. The van der Waals surface area contributed by atoms with Gasteiger partial charge in [-0.25, -0.2) is 4.98 Å². The number of methoxy groups -OCH3 is 1. The molecule has 2 rings (SSSR count). The molecule has 0 radical (unpaired) electrons. The van der Waals surface area contributed by atoms with Gasteiger partial charge in [-0.15, -0.1) is 11.3 Å². The molecule has 1 aromatic heterocycles. The standard InChI is InChI=1S/C18H23F3N4O2S/c1-12(27-14-6-4-5-13(9-14)26-3)10-24-17(22-2)23-8-7-16-25-15(11-28-16)18(19,20)21/h4-6,9,11-12H,7-8,10H2,1-3H3,(H2,22,23,24). The summed E-state index contributed by atoms with van der Waals surface area (Å²) < 4.78 is 48.7. The lowest BCUT2D eigenvalue weighted by Gasteiger charge is -2.18. The Morgan fingerprint density at radius 2 is 2.04 bits per heavy atom. The van der Waals surface area contributed by atoms with E-state index in [0.717, 1.165) is 16.7 Å². The van der Waals surface area contributed by atoms with Gasteiger partial charge in [-0.3, -0.25) is 4.99 Å². The normalized spacial score (nSPS) is 13.1. The molecule has 10 heteroatoms. The maximum absolute atomic E-state index is 12.6. The predicted molar refractivity (Wildman–Crippen MR) is 103 cm³/mol. The van der Waals surface area contributed by atoms with Gasteiger partial charge in [-0.2, -0.15) is 13.2 Å². The number of thiazole rings is 1. The van der Waals surface area contributed by atoms with Crippen LogP contribution in [0.2, 0.25) is 0 Å². The van der Waals surface area contributed by atoms with E-state index in [4.69, 9.17) is 9.47 Å². The van der Waals surface area contributed by atoms with Gasteiger partial charge >= 0.3 is 6.18 Å². The summed E-state index contributed by atoms with van der Waals surface area (Å²) in [6, 6.07) is 7.32. The van der Waals surface area contributed by atoms with Crippen LogP contribution in [0.4, 0.5) is 13.2 Å². The van der Waals surface area contributed by atoms with Gasteiger partial charge in [-0.1, -0.05) is 6.07 Å². The minimum atomic E-state index is -4.40. The number of nitrogens with zero attached hydrogens (tertiary/aromatic N) is 2. The Morgan fingerprint density at radius 1 is 1.29 bits per heavy atom. The maximum Gasteiger partial charge on any atom is 0.434 e. The zero-order valence-corrected chi connectivity index (χ0v) is 16.7. The zero-order chi connectivity index (χ0) is 20.6. The topological polar surface area (TPSA) is 67.8 Å². The van der Waals surface area contributed by atoms with Crippen LogP contribution in [0.25, 0.3) is 0 Å². The van der Waals surface area contributed by atoms with Gasteiger partial charge in [0.25, 0.3) is 0 Å². The zero-order valence-electron chi connectivity index (χ0n) is 15.8. The monoisotopic (exact) mass is 416 g/mol. The minimum Gasteiger partial charge on any atom is -0.497 e. The van der Waals surface area contributed by atoms with E-state index in [-0.39, 0.29) is 6.10 Å². The second-order valence-corrected chi connectivity index (χ2v) is 6.80. The Kier molecular flexibility index (Phi) is 7.91. The first-order valence-electron chi connectivity index (χ1n) is 8.58. The predicted octanol–water partition coefficient (Wildman–Crippen LogP) is 3.35. The molecule has 1 unspecified atom stereocenters. The number of rotatable bonds is 8. The van der Waals surface area contributed by atoms with Crippen LogP contribution in [0, 0.1) is 0 Å². The average Bonchev–Trinajstić information content (AvgIpc) is 3.14. The fourth-order valence-corrected chi connectivity index (χ4v) is 3.06. The fourth-order valence-electron chi connectivity index (χ4n) is 2.25. The van der Waals surface area contributed by atoms with Crippen LogP contribution in [-0.4, -0.2) is 44.3 Å². The lowest BCUT2D eigenvalue weighted by Crippen LogP contribution is -2.42. The molecule has 0 amide bonds. The van der Waals surface area contributed by atoms with Crippen molar-refractivity contribution in [1.29, 1.82) is 0 Å². The third kappa shape index (κ3) is 6.91. The van der Waals surface area contributed by atoms with E-state index in [1.165, 1.54) is 0 Å². The van der Waals surface area contributed by atoms with Crippen LogP contribution in [-0.2, 0) is 12.6 Å². The number of halogens is 3.